The maximum Gasteiger partial charge on any atom is 0.274 e. The summed E-state index contributed by atoms with van der Waals surface area (Å²) in [6.07, 6.45) is -2.06. The number of carbonyl (C=O) groups is 1. The minimum absolute atomic E-state index is 0.0259. The zero-order valence-electron chi connectivity index (χ0n) is 19.3. The van der Waals surface area contributed by atoms with E-state index in [2.05, 4.69) is 0 Å². The van der Waals surface area contributed by atoms with Crippen molar-refractivity contribution >= 4 is 16.6 Å². The number of aromatic hydroxyl groups is 1. The van der Waals surface area contributed by atoms with Crippen LogP contribution in [0, 0.1) is 12.8 Å². The number of Topliss-reactive ketones (excluding diaryl/α,β-unsaturated/α-hetero) is 1. The molecule has 1 aliphatic carbocycles. The smallest absolute Gasteiger partial charge is 0.274 e. The highest BCUT2D eigenvalue weighted by Gasteiger charge is 2.90. The van der Waals surface area contributed by atoms with Crippen LogP contribution in [0.2, 0.25) is 0 Å². The first-order chi connectivity index (χ1) is 16.1. The molecule has 7 rings (SSSR count). The molecule has 2 aromatic carbocycles. The van der Waals surface area contributed by atoms with Crippen LogP contribution < -0.4 is 9.47 Å². The Morgan fingerprint density at radius 3 is 2.62 bits per heavy atom. The molecule has 3 saturated heterocycles. The van der Waals surface area contributed by atoms with Crippen LogP contribution in [0.4, 0.5) is 0 Å². The fourth-order valence-corrected chi connectivity index (χ4v) is 6.75. The van der Waals surface area contributed by atoms with Gasteiger partial charge in [-0.05, 0) is 25.0 Å². The third kappa shape index (κ3) is 1.97. The predicted octanol–water partition coefficient (Wildman–Crippen LogP) is 2.54. The summed E-state index contributed by atoms with van der Waals surface area (Å²) < 4.78 is 30.6. The van der Waals surface area contributed by atoms with E-state index in [0.29, 0.717) is 16.7 Å². The van der Waals surface area contributed by atoms with E-state index in [0.717, 1.165) is 5.56 Å². The molecule has 2 aromatic rings. The average molecular weight is 470 g/mol. The number of phenolic OH excluding ortho intramolecular Hbond substituents is 1. The second-order valence-corrected chi connectivity index (χ2v) is 10.3. The molecule has 1 spiro atoms. The molecular formula is C25H26O9. The van der Waals surface area contributed by atoms with Gasteiger partial charge in [-0.25, -0.2) is 0 Å². The second-order valence-electron chi connectivity index (χ2n) is 10.3. The number of methoxy groups -OCH3 is 1. The highest BCUT2D eigenvalue weighted by molar-refractivity contribution is 6.11. The van der Waals surface area contributed by atoms with Gasteiger partial charge in [-0.3, -0.25) is 4.79 Å². The van der Waals surface area contributed by atoms with Crippen LogP contribution in [-0.4, -0.2) is 58.1 Å². The Morgan fingerprint density at radius 1 is 1.24 bits per heavy atom. The molecule has 0 radical (unpaired) electrons. The lowest BCUT2D eigenvalue weighted by atomic mass is 9.76. The quantitative estimate of drug-likeness (QED) is 0.568. The Balaban J connectivity index is 1.56. The average Bonchev–Trinajstić information content (AvgIpc) is 3.45. The maximum absolute atomic E-state index is 12.9. The van der Waals surface area contributed by atoms with E-state index in [1.807, 2.05) is 26.8 Å². The summed E-state index contributed by atoms with van der Waals surface area (Å²) in [5, 5.41) is 34.7. The van der Waals surface area contributed by atoms with Gasteiger partial charge in [0.05, 0.1) is 30.8 Å². The first-order valence-corrected chi connectivity index (χ1v) is 11.6. The van der Waals surface area contributed by atoms with Crippen LogP contribution in [0.5, 0.6) is 17.2 Å². The molecule has 3 fully saturated rings. The summed E-state index contributed by atoms with van der Waals surface area (Å²) in [6.45, 7) is 5.98. The molecule has 2 bridgehead atoms. The van der Waals surface area contributed by atoms with Gasteiger partial charge in [-0.2, -0.15) is 0 Å². The van der Waals surface area contributed by atoms with E-state index in [1.54, 1.807) is 0 Å². The summed E-state index contributed by atoms with van der Waals surface area (Å²) >= 11 is 0. The van der Waals surface area contributed by atoms with Crippen molar-refractivity contribution in [2.45, 2.75) is 69.1 Å². The van der Waals surface area contributed by atoms with Crippen LogP contribution in [0.3, 0.4) is 0 Å². The zero-order valence-corrected chi connectivity index (χ0v) is 19.3. The van der Waals surface area contributed by atoms with Crippen molar-refractivity contribution < 1.29 is 43.8 Å². The van der Waals surface area contributed by atoms with Crippen molar-refractivity contribution in [1.82, 2.24) is 0 Å². The number of benzene rings is 2. The molecule has 0 saturated carbocycles. The van der Waals surface area contributed by atoms with Crippen molar-refractivity contribution in [3.05, 3.63) is 28.3 Å². The largest absolute Gasteiger partial charge is 0.506 e. The maximum atomic E-state index is 12.9. The molecule has 180 valence electrons. The van der Waals surface area contributed by atoms with Crippen molar-refractivity contribution in [2.75, 3.05) is 13.7 Å². The van der Waals surface area contributed by atoms with Crippen LogP contribution in [0.1, 0.15) is 65.9 Å². The zero-order chi connectivity index (χ0) is 23.9. The minimum atomic E-state index is -1.84. The molecule has 4 aliphatic heterocycles. The number of aliphatic hydroxyl groups excluding tert-OH is 1. The number of phenols is 1. The number of rotatable bonds is 2. The van der Waals surface area contributed by atoms with Gasteiger partial charge in [-0.1, -0.05) is 13.8 Å². The van der Waals surface area contributed by atoms with Gasteiger partial charge in [0.2, 0.25) is 11.4 Å². The number of epoxide rings is 1. The van der Waals surface area contributed by atoms with Gasteiger partial charge in [0.1, 0.15) is 23.4 Å². The molecule has 0 amide bonds. The van der Waals surface area contributed by atoms with Gasteiger partial charge in [0.15, 0.2) is 11.9 Å². The molecule has 0 aromatic heterocycles. The number of carbonyl (C=O) groups excluding carboxylic acids is 1. The van der Waals surface area contributed by atoms with Crippen molar-refractivity contribution in [3.8, 4) is 17.2 Å². The van der Waals surface area contributed by atoms with Crippen LogP contribution >= 0.6 is 0 Å². The molecule has 9 nitrogen and oxygen atoms in total. The standard InChI is InChI=1S/C25H26O9/c1-9(2)25-23(8-31-23)24(29)22(34-25)21(33-25)14-10(3)7-11-15(20(14)32-24)18(28)16-12(26)5-6-13(27)17(16)19(11)30-4/h7,9,13,21-22,27-29H,5-6,8H2,1-4H3/t13-,21?,22?,23-,24+,25?/m0/s1. The van der Waals surface area contributed by atoms with Crippen molar-refractivity contribution in [1.29, 1.82) is 0 Å². The fraction of sp³-hybridized carbons (Fsp3) is 0.560. The van der Waals surface area contributed by atoms with Gasteiger partial charge in [0, 0.05) is 28.9 Å². The van der Waals surface area contributed by atoms with E-state index in [-0.39, 0.29) is 59.2 Å². The lowest BCUT2D eigenvalue weighted by molar-refractivity contribution is -0.289. The Labute approximate surface area is 195 Å². The molecular weight excluding hydrogens is 444 g/mol. The molecule has 9 heteroatoms. The fourth-order valence-electron chi connectivity index (χ4n) is 6.75. The molecule has 4 heterocycles. The Kier molecular flexibility index (Phi) is 3.71. The summed E-state index contributed by atoms with van der Waals surface area (Å²) in [5.41, 5.74) is 0.535. The monoisotopic (exact) mass is 470 g/mol. The van der Waals surface area contributed by atoms with Crippen LogP contribution in [0.25, 0.3) is 10.8 Å². The first kappa shape index (κ1) is 20.9. The number of hydrogen-bond donors (Lipinski definition) is 3. The van der Waals surface area contributed by atoms with Gasteiger partial charge < -0.3 is 39.0 Å². The number of fused-ring (bicyclic) bond motifs is 8. The third-order valence-electron chi connectivity index (χ3n) is 8.36. The number of aryl methyl sites for hydroxylation is 1. The lowest BCUT2D eigenvalue weighted by Crippen LogP contribution is -2.67. The van der Waals surface area contributed by atoms with Crippen LogP contribution in [-0.2, 0) is 14.2 Å². The van der Waals surface area contributed by atoms with Gasteiger partial charge in [0.25, 0.3) is 5.79 Å². The normalized spacial score (nSPS) is 38.9. The molecule has 5 aliphatic rings. The molecule has 6 atom stereocenters. The summed E-state index contributed by atoms with van der Waals surface area (Å²) in [7, 11) is 1.46. The van der Waals surface area contributed by atoms with E-state index in [1.165, 1.54) is 7.11 Å². The van der Waals surface area contributed by atoms with E-state index >= 15 is 0 Å². The molecule has 34 heavy (non-hydrogen) atoms. The second kappa shape index (κ2) is 6.03. The lowest BCUT2D eigenvalue weighted by Gasteiger charge is -2.47. The topological polar surface area (TPSA) is 127 Å². The van der Waals surface area contributed by atoms with Crippen molar-refractivity contribution in [2.24, 2.45) is 5.92 Å². The van der Waals surface area contributed by atoms with E-state index in [9.17, 15) is 20.1 Å². The Hall–Kier alpha value is -2.43. The van der Waals surface area contributed by atoms with Crippen molar-refractivity contribution in [3.63, 3.8) is 0 Å². The minimum Gasteiger partial charge on any atom is -0.506 e. The number of ether oxygens (including phenoxy) is 5. The summed E-state index contributed by atoms with van der Waals surface area (Å²) in [6, 6.07) is 1.83. The highest BCUT2D eigenvalue weighted by atomic mass is 16.8. The molecule has 3 N–H and O–H groups in total. The first-order valence-electron chi connectivity index (χ1n) is 11.6. The van der Waals surface area contributed by atoms with Gasteiger partial charge in [-0.15, -0.1) is 0 Å². The highest BCUT2D eigenvalue weighted by Crippen LogP contribution is 2.71. The third-order valence-corrected chi connectivity index (χ3v) is 8.36. The number of aliphatic hydroxyl groups is 2. The van der Waals surface area contributed by atoms with E-state index in [4.69, 9.17) is 23.7 Å². The predicted molar refractivity (Wildman–Crippen MR) is 116 cm³/mol. The summed E-state index contributed by atoms with van der Waals surface area (Å²) in [5.74, 6) is -3.20. The SMILES string of the molecule is COc1c2c(c(O)c3c4c(c(C)cc13)C1OC3(C(C)C)OC1[C@@](O)(O4)[C@@]31CO1)C(=O)CC[C@@H]2O. The number of ketones is 1. The Morgan fingerprint density at radius 2 is 1.97 bits per heavy atom. The van der Waals surface area contributed by atoms with Gasteiger partial charge >= 0.3 is 0 Å². The van der Waals surface area contributed by atoms with Crippen LogP contribution in [0.15, 0.2) is 6.07 Å². The summed E-state index contributed by atoms with van der Waals surface area (Å²) in [4.78, 5) is 12.9. The molecule has 3 unspecified atom stereocenters. The Bertz CT molecular complexity index is 1310. The van der Waals surface area contributed by atoms with E-state index < -0.39 is 35.5 Å². The number of hydrogen-bond acceptors (Lipinski definition) is 9.